The first-order chi connectivity index (χ1) is 12.3. The minimum Gasteiger partial charge on any atom is -0.409 e. The Bertz CT molecular complexity index is 752. The summed E-state index contributed by atoms with van der Waals surface area (Å²) >= 11 is 3.91. The van der Waals surface area contributed by atoms with E-state index in [2.05, 4.69) is 26.4 Å². The van der Waals surface area contributed by atoms with E-state index in [1.807, 2.05) is 0 Å². The Morgan fingerprint density at radius 2 is 2.08 bits per heavy atom. The quantitative estimate of drug-likeness (QED) is 0.210. The number of likely N-dealkylation sites (tertiary alicyclic amines) is 1. The van der Waals surface area contributed by atoms with Crippen LogP contribution in [0.5, 0.6) is 0 Å². The first-order valence-corrected chi connectivity index (χ1v) is 9.26. The highest BCUT2D eigenvalue weighted by atomic mass is 79.9. The SMILES string of the molecule is N=C(N)SC(=N)N1CCC(C(=O)/C(=N/O)Nc2ccc(F)c(Br)c2)CC1. The van der Waals surface area contributed by atoms with E-state index in [1.165, 1.54) is 18.2 Å². The molecule has 0 aliphatic carbocycles. The Morgan fingerprint density at radius 1 is 1.42 bits per heavy atom. The summed E-state index contributed by atoms with van der Waals surface area (Å²) in [6.07, 6.45) is 0.959. The van der Waals surface area contributed by atoms with Crippen molar-refractivity contribution in [3.8, 4) is 0 Å². The van der Waals surface area contributed by atoms with Gasteiger partial charge in [-0.25, -0.2) is 4.39 Å². The molecule has 0 aromatic heterocycles. The molecule has 0 bridgehead atoms. The summed E-state index contributed by atoms with van der Waals surface area (Å²) in [7, 11) is 0. The van der Waals surface area contributed by atoms with E-state index in [0.717, 1.165) is 11.8 Å². The van der Waals surface area contributed by atoms with E-state index in [4.69, 9.17) is 16.6 Å². The number of Topliss-reactive ketones (excluding diaryl/α,β-unsaturated/α-hetero) is 1. The Balaban J connectivity index is 1.96. The van der Waals surface area contributed by atoms with Crippen molar-refractivity contribution in [1.82, 2.24) is 4.90 Å². The second-order valence-corrected chi connectivity index (χ2v) is 7.48. The fourth-order valence-corrected chi connectivity index (χ4v) is 3.45. The molecule has 140 valence electrons. The smallest absolute Gasteiger partial charge is 0.213 e. The number of anilines is 1. The second-order valence-electron chi connectivity index (χ2n) is 5.60. The topological polar surface area (TPSA) is 139 Å². The van der Waals surface area contributed by atoms with Crippen molar-refractivity contribution in [2.75, 3.05) is 18.4 Å². The summed E-state index contributed by atoms with van der Waals surface area (Å²) < 4.78 is 13.5. The Hall–Kier alpha value is -2.14. The molecule has 1 heterocycles. The standard InChI is InChI=1S/C15H18BrFN6O2S/c16-10-7-9(1-2-11(10)17)21-13(22-25)12(24)8-3-5-23(6-4-8)15(20)26-14(18)19/h1-2,7-8,20,25H,3-6H2,(H3,18,19)(H,21,22). The summed E-state index contributed by atoms with van der Waals surface area (Å²) in [5.74, 6) is -1.36. The Labute approximate surface area is 162 Å². The molecule has 1 aliphatic heterocycles. The first-order valence-electron chi connectivity index (χ1n) is 7.65. The number of benzene rings is 1. The molecular formula is C15H18BrFN6O2S. The minimum atomic E-state index is -0.442. The first kappa shape index (κ1) is 20.2. The zero-order valence-electron chi connectivity index (χ0n) is 13.6. The maximum atomic E-state index is 13.3. The fourth-order valence-electron chi connectivity index (χ4n) is 2.55. The molecule has 0 amide bonds. The molecule has 0 spiro atoms. The molecule has 1 aromatic rings. The highest BCUT2D eigenvalue weighted by Gasteiger charge is 2.29. The van der Waals surface area contributed by atoms with Crippen LogP contribution in [0.25, 0.3) is 0 Å². The molecule has 1 fully saturated rings. The van der Waals surface area contributed by atoms with Crippen LogP contribution >= 0.6 is 27.7 Å². The van der Waals surface area contributed by atoms with Crippen LogP contribution < -0.4 is 11.1 Å². The zero-order chi connectivity index (χ0) is 19.3. The summed E-state index contributed by atoms with van der Waals surface area (Å²) in [6, 6.07) is 4.10. The van der Waals surface area contributed by atoms with Crippen LogP contribution in [0.3, 0.4) is 0 Å². The van der Waals surface area contributed by atoms with E-state index in [9.17, 15) is 14.4 Å². The fraction of sp³-hybridized carbons (Fsp3) is 0.333. The molecule has 1 saturated heterocycles. The number of nitrogens with two attached hydrogens (primary N) is 1. The van der Waals surface area contributed by atoms with Gasteiger partial charge in [-0.1, -0.05) is 5.16 Å². The van der Waals surface area contributed by atoms with Crippen molar-refractivity contribution in [2.45, 2.75) is 12.8 Å². The molecule has 26 heavy (non-hydrogen) atoms. The number of piperidine rings is 1. The van der Waals surface area contributed by atoms with Gasteiger partial charge in [-0.3, -0.25) is 15.6 Å². The Morgan fingerprint density at radius 3 is 2.62 bits per heavy atom. The van der Waals surface area contributed by atoms with Gasteiger partial charge in [-0.05, 0) is 58.7 Å². The van der Waals surface area contributed by atoms with Gasteiger partial charge >= 0.3 is 0 Å². The lowest BCUT2D eigenvalue weighted by Crippen LogP contribution is -2.42. The third-order valence-corrected chi connectivity index (χ3v) is 5.15. The van der Waals surface area contributed by atoms with Gasteiger partial charge in [0.2, 0.25) is 11.6 Å². The largest absolute Gasteiger partial charge is 0.409 e. The van der Waals surface area contributed by atoms with E-state index < -0.39 is 5.82 Å². The van der Waals surface area contributed by atoms with Crippen molar-refractivity contribution in [3.63, 3.8) is 0 Å². The number of hydrogen-bond acceptors (Lipinski definition) is 6. The number of thioether (sulfide) groups is 1. The molecule has 6 N–H and O–H groups in total. The predicted molar refractivity (Wildman–Crippen MR) is 103 cm³/mol. The average Bonchev–Trinajstić information content (AvgIpc) is 2.61. The molecule has 1 aromatic carbocycles. The number of carbonyl (C=O) groups is 1. The molecule has 0 saturated carbocycles. The van der Waals surface area contributed by atoms with Crippen LogP contribution in [0.2, 0.25) is 0 Å². The van der Waals surface area contributed by atoms with E-state index in [-0.39, 0.29) is 32.3 Å². The monoisotopic (exact) mass is 444 g/mol. The summed E-state index contributed by atoms with van der Waals surface area (Å²) in [6.45, 7) is 0.937. The number of ketones is 1. The number of rotatable bonds is 3. The molecule has 0 atom stereocenters. The summed E-state index contributed by atoms with van der Waals surface area (Å²) in [5, 5.41) is 30.0. The number of nitrogens with one attached hydrogen (secondary N) is 3. The molecule has 1 aliphatic rings. The number of nitrogens with zero attached hydrogens (tertiary/aromatic N) is 2. The van der Waals surface area contributed by atoms with Crippen LogP contribution in [0.1, 0.15) is 12.8 Å². The van der Waals surface area contributed by atoms with Gasteiger partial charge in [0.15, 0.2) is 10.3 Å². The number of amidine groups is 3. The lowest BCUT2D eigenvalue weighted by atomic mass is 9.92. The van der Waals surface area contributed by atoms with Crippen molar-refractivity contribution < 1.29 is 14.4 Å². The number of oxime groups is 1. The van der Waals surface area contributed by atoms with Crippen LogP contribution in [0.15, 0.2) is 27.8 Å². The average molecular weight is 445 g/mol. The van der Waals surface area contributed by atoms with Crippen molar-refractivity contribution in [2.24, 2.45) is 16.8 Å². The van der Waals surface area contributed by atoms with Gasteiger partial charge in [-0.15, -0.1) is 0 Å². The van der Waals surface area contributed by atoms with Gasteiger partial charge in [0.1, 0.15) is 5.82 Å². The lowest BCUT2D eigenvalue weighted by Gasteiger charge is -2.32. The van der Waals surface area contributed by atoms with Gasteiger partial charge in [0, 0.05) is 24.7 Å². The van der Waals surface area contributed by atoms with Crippen LogP contribution in [0, 0.1) is 22.6 Å². The van der Waals surface area contributed by atoms with E-state index >= 15 is 0 Å². The normalized spacial score (nSPS) is 15.6. The third kappa shape index (κ3) is 5.18. The van der Waals surface area contributed by atoms with Crippen molar-refractivity contribution in [3.05, 3.63) is 28.5 Å². The number of hydrogen-bond donors (Lipinski definition) is 5. The van der Waals surface area contributed by atoms with Gasteiger partial charge < -0.3 is 21.2 Å². The highest BCUT2D eigenvalue weighted by molar-refractivity contribution is 9.10. The molecule has 0 radical (unpaired) electrons. The van der Waals surface area contributed by atoms with Crippen LogP contribution in [-0.2, 0) is 4.79 Å². The van der Waals surface area contributed by atoms with E-state index in [1.54, 1.807) is 4.90 Å². The van der Waals surface area contributed by atoms with Gasteiger partial charge in [0.05, 0.1) is 4.47 Å². The minimum absolute atomic E-state index is 0.155. The summed E-state index contributed by atoms with van der Waals surface area (Å²) in [4.78, 5) is 14.3. The third-order valence-electron chi connectivity index (χ3n) is 3.88. The molecular weight excluding hydrogens is 427 g/mol. The molecule has 2 rings (SSSR count). The zero-order valence-corrected chi connectivity index (χ0v) is 16.0. The van der Waals surface area contributed by atoms with Crippen LogP contribution in [0.4, 0.5) is 10.1 Å². The highest BCUT2D eigenvalue weighted by Crippen LogP contribution is 2.23. The number of carbonyl (C=O) groups excluding carboxylic acids is 1. The van der Waals surface area contributed by atoms with Crippen molar-refractivity contribution in [1.29, 1.82) is 10.8 Å². The molecule has 8 nitrogen and oxygen atoms in total. The Kier molecular flexibility index (Phi) is 6.98. The number of halogens is 2. The molecule has 11 heteroatoms. The van der Waals surface area contributed by atoms with Crippen LogP contribution in [-0.4, -0.2) is 45.2 Å². The van der Waals surface area contributed by atoms with E-state index in [0.29, 0.717) is 31.6 Å². The maximum Gasteiger partial charge on any atom is 0.213 e. The summed E-state index contributed by atoms with van der Waals surface area (Å²) in [5.41, 5.74) is 5.69. The van der Waals surface area contributed by atoms with Crippen molar-refractivity contribution >= 4 is 55.3 Å². The predicted octanol–water partition coefficient (Wildman–Crippen LogP) is 2.63. The maximum absolute atomic E-state index is 13.3. The molecule has 0 unspecified atom stereocenters. The van der Waals surface area contributed by atoms with Gasteiger partial charge in [0.25, 0.3) is 0 Å². The lowest BCUT2D eigenvalue weighted by molar-refractivity contribution is -0.117. The second kappa shape index (κ2) is 8.99. The van der Waals surface area contributed by atoms with Gasteiger partial charge in [-0.2, -0.15) is 0 Å².